The highest BCUT2D eigenvalue weighted by atomic mass is 19.4. The number of H-pyrrole nitrogens is 1. The third-order valence-corrected chi connectivity index (χ3v) is 3.15. The molecular formula is C14H8F3N3O2. The standard InChI is InChI=1S/C14H8F3N3O2/c15-14(16,17)8-1-2-10-11(7-8)19-13(22)20(12(10)21)9-3-5-18-6-4-9/h1-7H,(H,19,22). The van der Waals surface area contributed by atoms with Crippen LogP contribution in [0.25, 0.3) is 16.6 Å². The summed E-state index contributed by atoms with van der Waals surface area (Å²) in [5, 5.41) is -0.00980. The number of pyridine rings is 1. The third-order valence-electron chi connectivity index (χ3n) is 3.15. The lowest BCUT2D eigenvalue weighted by molar-refractivity contribution is -0.137. The fourth-order valence-corrected chi connectivity index (χ4v) is 2.12. The maximum atomic E-state index is 12.7. The fraction of sp³-hybridized carbons (Fsp3) is 0.0714. The number of rotatable bonds is 1. The maximum Gasteiger partial charge on any atom is 0.416 e. The van der Waals surface area contributed by atoms with Crippen molar-refractivity contribution in [3.63, 3.8) is 0 Å². The fourth-order valence-electron chi connectivity index (χ4n) is 2.12. The van der Waals surface area contributed by atoms with Crippen molar-refractivity contribution in [2.45, 2.75) is 6.18 Å². The average molecular weight is 307 g/mol. The average Bonchev–Trinajstić information content (AvgIpc) is 2.47. The summed E-state index contributed by atoms with van der Waals surface area (Å²) in [4.78, 5) is 30.4. The molecule has 0 saturated heterocycles. The first-order valence-corrected chi connectivity index (χ1v) is 6.14. The van der Waals surface area contributed by atoms with Crippen molar-refractivity contribution < 1.29 is 13.2 Å². The molecule has 8 heteroatoms. The van der Waals surface area contributed by atoms with Gasteiger partial charge in [0, 0.05) is 12.4 Å². The van der Waals surface area contributed by atoms with Crippen LogP contribution in [0.4, 0.5) is 13.2 Å². The van der Waals surface area contributed by atoms with E-state index in [4.69, 9.17) is 0 Å². The molecule has 0 radical (unpaired) electrons. The van der Waals surface area contributed by atoms with E-state index in [9.17, 15) is 22.8 Å². The number of aromatic nitrogens is 3. The topological polar surface area (TPSA) is 67.8 Å². The molecular weight excluding hydrogens is 299 g/mol. The molecule has 0 aliphatic carbocycles. The number of hydrogen-bond acceptors (Lipinski definition) is 3. The summed E-state index contributed by atoms with van der Waals surface area (Å²) in [6.07, 6.45) is -1.75. The molecule has 1 N–H and O–H groups in total. The lowest BCUT2D eigenvalue weighted by Gasteiger charge is -2.09. The Morgan fingerprint density at radius 2 is 1.73 bits per heavy atom. The van der Waals surface area contributed by atoms with Crippen molar-refractivity contribution in [1.82, 2.24) is 14.5 Å². The maximum absolute atomic E-state index is 12.7. The van der Waals surface area contributed by atoms with Crippen molar-refractivity contribution in [3.05, 3.63) is 69.1 Å². The molecule has 0 unspecified atom stereocenters. The van der Waals surface area contributed by atoms with Crippen LogP contribution in [0.3, 0.4) is 0 Å². The first kappa shape index (κ1) is 14.1. The van der Waals surface area contributed by atoms with Gasteiger partial charge in [-0.3, -0.25) is 9.78 Å². The zero-order valence-corrected chi connectivity index (χ0v) is 10.9. The molecule has 0 atom stereocenters. The van der Waals surface area contributed by atoms with Gasteiger partial charge in [-0.2, -0.15) is 13.2 Å². The Labute approximate surface area is 120 Å². The highest BCUT2D eigenvalue weighted by molar-refractivity contribution is 5.78. The lowest BCUT2D eigenvalue weighted by Crippen LogP contribution is -2.33. The van der Waals surface area contributed by atoms with E-state index in [0.29, 0.717) is 0 Å². The molecule has 1 aromatic carbocycles. The number of nitrogens with zero attached hydrogens (tertiary/aromatic N) is 2. The second kappa shape index (κ2) is 4.83. The van der Waals surface area contributed by atoms with Gasteiger partial charge in [-0.1, -0.05) is 0 Å². The van der Waals surface area contributed by atoms with Crippen molar-refractivity contribution in [2.24, 2.45) is 0 Å². The monoisotopic (exact) mass is 307 g/mol. The summed E-state index contributed by atoms with van der Waals surface area (Å²) in [5.41, 5.74) is -2.32. The third kappa shape index (κ3) is 2.28. The molecule has 5 nitrogen and oxygen atoms in total. The number of halogens is 3. The number of benzene rings is 1. The largest absolute Gasteiger partial charge is 0.416 e. The van der Waals surface area contributed by atoms with Crippen LogP contribution in [-0.2, 0) is 6.18 Å². The minimum Gasteiger partial charge on any atom is -0.306 e. The highest BCUT2D eigenvalue weighted by Gasteiger charge is 2.30. The molecule has 0 aliphatic rings. The van der Waals surface area contributed by atoms with Gasteiger partial charge >= 0.3 is 11.9 Å². The van der Waals surface area contributed by atoms with Crippen LogP contribution < -0.4 is 11.2 Å². The van der Waals surface area contributed by atoms with E-state index >= 15 is 0 Å². The molecule has 3 rings (SSSR count). The van der Waals surface area contributed by atoms with Crippen LogP contribution in [0.5, 0.6) is 0 Å². The van der Waals surface area contributed by atoms with Crippen LogP contribution in [0, 0.1) is 0 Å². The van der Waals surface area contributed by atoms with Crippen LogP contribution in [0.15, 0.2) is 52.3 Å². The Balaban J connectivity index is 2.32. The first-order chi connectivity index (χ1) is 10.4. The zero-order valence-electron chi connectivity index (χ0n) is 10.9. The van der Waals surface area contributed by atoms with Gasteiger partial charge in [-0.25, -0.2) is 9.36 Å². The molecule has 0 aliphatic heterocycles. The van der Waals surface area contributed by atoms with E-state index in [0.717, 1.165) is 22.8 Å². The van der Waals surface area contributed by atoms with Crippen molar-refractivity contribution in [3.8, 4) is 5.69 Å². The summed E-state index contributed by atoms with van der Waals surface area (Å²) in [5.74, 6) is 0. The summed E-state index contributed by atoms with van der Waals surface area (Å²) in [6, 6.07) is 5.50. The molecule has 0 saturated carbocycles. The van der Waals surface area contributed by atoms with Gasteiger partial charge in [-0.15, -0.1) is 0 Å². The second-order valence-corrected chi connectivity index (χ2v) is 4.53. The molecule has 0 fully saturated rings. The van der Waals surface area contributed by atoms with Gasteiger partial charge in [0.15, 0.2) is 0 Å². The van der Waals surface area contributed by atoms with Crippen LogP contribution >= 0.6 is 0 Å². The lowest BCUT2D eigenvalue weighted by atomic mass is 10.1. The van der Waals surface area contributed by atoms with Crippen molar-refractivity contribution in [1.29, 1.82) is 0 Å². The van der Waals surface area contributed by atoms with Crippen LogP contribution in [0.1, 0.15) is 5.56 Å². The van der Waals surface area contributed by atoms with Gasteiger partial charge in [0.05, 0.1) is 22.2 Å². The number of aromatic amines is 1. The molecule has 112 valence electrons. The van der Waals surface area contributed by atoms with Crippen LogP contribution in [-0.4, -0.2) is 14.5 Å². The van der Waals surface area contributed by atoms with E-state index in [1.807, 2.05) is 0 Å². The van der Waals surface area contributed by atoms with E-state index < -0.39 is 23.0 Å². The Hall–Kier alpha value is -2.90. The van der Waals surface area contributed by atoms with E-state index in [-0.39, 0.29) is 16.6 Å². The second-order valence-electron chi connectivity index (χ2n) is 4.53. The Kier molecular flexibility index (Phi) is 3.09. The molecule has 22 heavy (non-hydrogen) atoms. The van der Waals surface area contributed by atoms with Crippen molar-refractivity contribution >= 4 is 10.9 Å². The quantitative estimate of drug-likeness (QED) is 0.748. The normalized spacial score (nSPS) is 11.8. The van der Waals surface area contributed by atoms with Gasteiger partial charge < -0.3 is 4.98 Å². The first-order valence-electron chi connectivity index (χ1n) is 6.14. The molecule has 0 spiro atoms. The molecule has 3 aromatic rings. The Morgan fingerprint density at radius 1 is 1.05 bits per heavy atom. The van der Waals surface area contributed by atoms with Crippen LogP contribution in [0.2, 0.25) is 0 Å². The number of hydrogen-bond donors (Lipinski definition) is 1. The smallest absolute Gasteiger partial charge is 0.306 e. The van der Waals surface area contributed by atoms with E-state index in [1.54, 1.807) is 0 Å². The van der Waals surface area contributed by atoms with Gasteiger partial charge in [-0.05, 0) is 30.3 Å². The molecule has 0 amide bonds. The zero-order chi connectivity index (χ0) is 15.9. The number of alkyl halides is 3. The van der Waals surface area contributed by atoms with Crippen molar-refractivity contribution in [2.75, 3.05) is 0 Å². The minimum absolute atomic E-state index is 0.00980. The number of fused-ring (bicyclic) bond motifs is 1. The number of nitrogens with one attached hydrogen (secondary N) is 1. The molecule has 2 heterocycles. The van der Waals surface area contributed by atoms with Gasteiger partial charge in [0.1, 0.15) is 0 Å². The SMILES string of the molecule is O=c1[nH]c2cc(C(F)(F)F)ccc2c(=O)n1-c1ccncc1. The summed E-state index contributed by atoms with van der Waals surface area (Å²) >= 11 is 0. The van der Waals surface area contributed by atoms with Gasteiger partial charge in [0.2, 0.25) is 0 Å². The predicted octanol–water partition coefficient (Wildman–Crippen LogP) is 2.09. The summed E-state index contributed by atoms with van der Waals surface area (Å²) in [7, 11) is 0. The minimum atomic E-state index is -4.55. The summed E-state index contributed by atoms with van der Waals surface area (Å²) in [6.45, 7) is 0. The van der Waals surface area contributed by atoms with Gasteiger partial charge in [0.25, 0.3) is 5.56 Å². The summed E-state index contributed by atoms with van der Waals surface area (Å²) < 4.78 is 38.9. The van der Waals surface area contributed by atoms with E-state index in [1.165, 1.54) is 24.5 Å². The Bertz CT molecular complexity index is 959. The molecule has 2 aromatic heterocycles. The molecule has 0 bridgehead atoms. The highest BCUT2D eigenvalue weighted by Crippen LogP contribution is 2.30. The predicted molar refractivity (Wildman–Crippen MR) is 73.0 cm³/mol. The van der Waals surface area contributed by atoms with E-state index in [2.05, 4.69) is 9.97 Å². The Morgan fingerprint density at radius 3 is 2.36 bits per heavy atom.